The molecule has 0 radical (unpaired) electrons. The maximum Gasteiger partial charge on any atom is 0.246 e. The van der Waals surface area contributed by atoms with Gasteiger partial charge in [0.1, 0.15) is 0 Å². The van der Waals surface area contributed by atoms with Crippen molar-refractivity contribution in [3.8, 4) is 0 Å². The summed E-state index contributed by atoms with van der Waals surface area (Å²) < 4.78 is 0. The van der Waals surface area contributed by atoms with Crippen LogP contribution < -0.4 is 0 Å². The number of carbonyl (C=O) groups is 1. The van der Waals surface area contributed by atoms with Crippen molar-refractivity contribution in [2.24, 2.45) is 5.92 Å². The lowest BCUT2D eigenvalue weighted by Gasteiger charge is -2.33. The van der Waals surface area contributed by atoms with Gasteiger partial charge in [-0.25, -0.2) is 0 Å². The molecule has 26 heavy (non-hydrogen) atoms. The number of amides is 1. The van der Waals surface area contributed by atoms with E-state index in [4.69, 9.17) is 0 Å². The maximum absolute atomic E-state index is 12.8. The van der Waals surface area contributed by atoms with Crippen LogP contribution in [0, 0.1) is 5.92 Å². The molecule has 1 aromatic heterocycles. The first-order valence-corrected chi connectivity index (χ1v) is 10.3. The Morgan fingerprint density at radius 2 is 2.12 bits per heavy atom. The summed E-state index contributed by atoms with van der Waals surface area (Å²) >= 11 is 1.66. The van der Waals surface area contributed by atoms with Crippen molar-refractivity contribution < 1.29 is 4.79 Å². The molecule has 1 saturated heterocycles. The second-order valence-electron chi connectivity index (χ2n) is 7.14. The fourth-order valence-corrected chi connectivity index (χ4v) is 4.20. The molecular weight excluding hydrogens is 340 g/mol. The average Bonchev–Trinajstić information content (AvgIpc) is 3.17. The van der Waals surface area contributed by atoms with Gasteiger partial charge < -0.3 is 9.80 Å². The van der Waals surface area contributed by atoms with Crippen LogP contribution in [0.5, 0.6) is 0 Å². The third-order valence-corrected chi connectivity index (χ3v) is 5.80. The minimum absolute atomic E-state index is 0.127. The van der Waals surface area contributed by atoms with Crippen LogP contribution in [0.3, 0.4) is 0 Å². The molecule has 0 aliphatic carbocycles. The molecule has 0 saturated carbocycles. The molecule has 1 aromatic carbocycles. The van der Waals surface area contributed by atoms with E-state index >= 15 is 0 Å². The zero-order valence-electron chi connectivity index (χ0n) is 15.5. The average molecular weight is 369 g/mol. The summed E-state index contributed by atoms with van der Waals surface area (Å²) in [5, 5.41) is 2.04. The fraction of sp³-hybridized carbons (Fsp3) is 0.409. The van der Waals surface area contributed by atoms with Crippen molar-refractivity contribution in [3.05, 3.63) is 64.4 Å². The Hall–Kier alpha value is -1.91. The van der Waals surface area contributed by atoms with Gasteiger partial charge in [-0.2, -0.15) is 0 Å². The Kier molecular flexibility index (Phi) is 7.04. The predicted molar refractivity (Wildman–Crippen MR) is 110 cm³/mol. The molecule has 0 unspecified atom stereocenters. The van der Waals surface area contributed by atoms with E-state index in [1.165, 1.54) is 24.9 Å². The molecule has 138 valence electrons. The summed E-state index contributed by atoms with van der Waals surface area (Å²) in [7, 11) is 2.18. The maximum atomic E-state index is 12.8. The Morgan fingerprint density at radius 3 is 2.85 bits per heavy atom. The Labute approximate surface area is 160 Å². The first kappa shape index (κ1) is 18.9. The molecule has 0 bridgehead atoms. The van der Waals surface area contributed by atoms with Crippen molar-refractivity contribution in [2.75, 3.05) is 33.2 Å². The van der Waals surface area contributed by atoms with E-state index in [1.54, 1.807) is 17.4 Å². The predicted octanol–water partition coefficient (Wildman–Crippen LogP) is 4.17. The number of rotatable bonds is 7. The number of carbonyl (C=O) groups excluding carboxylic acids is 1. The first-order valence-electron chi connectivity index (χ1n) is 9.43. The lowest BCUT2D eigenvalue weighted by atomic mass is 9.97. The van der Waals surface area contributed by atoms with Gasteiger partial charge in [-0.05, 0) is 61.9 Å². The third kappa shape index (κ3) is 5.82. The Balaban J connectivity index is 1.64. The lowest BCUT2D eigenvalue weighted by Crippen LogP contribution is -2.42. The Bertz CT molecular complexity index is 696. The van der Waals surface area contributed by atoms with E-state index in [0.29, 0.717) is 5.92 Å². The van der Waals surface area contributed by atoms with Crippen LogP contribution in [0.4, 0.5) is 0 Å². The smallest absolute Gasteiger partial charge is 0.246 e. The third-order valence-electron chi connectivity index (χ3n) is 4.96. The van der Waals surface area contributed by atoms with Crippen molar-refractivity contribution in [3.63, 3.8) is 0 Å². The van der Waals surface area contributed by atoms with Gasteiger partial charge in [0.2, 0.25) is 5.91 Å². The molecule has 1 aliphatic rings. The zero-order chi connectivity index (χ0) is 18.2. The van der Waals surface area contributed by atoms with E-state index in [-0.39, 0.29) is 5.91 Å². The summed E-state index contributed by atoms with van der Waals surface area (Å²) in [5.74, 6) is 0.700. The standard InChI is InChI=1S/C22H28N2OS/c1-23-14-5-9-20(17-23)18-24(15-13-19-7-3-2-4-8-19)22(25)12-11-21-10-6-16-26-21/h2-4,6-8,10-12,16,20H,5,9,13-15,17-18H2,1H3/b12-11+/t20-/m1/s1. The number of nitrogens with zero attached hydrogens (tertiary/aromatic N) is 2. The number of hydrogen-bond donors (Lipinski definition) is 0. The first-order chi connectivity index (χ1) is 12.7. The van der Waals surface area contributed by atoms with Gasteiger partial charge in [0.25, 0.3) is 0 Å². The molecule has 1 fully saturated rings. The number of thiophene rings is 1. The van der Waals surface area contributed by atoms with Crippen LogP contribution in [0.2, 0.25) is 0 Å². The number of likely N-dealkylation sites (tertiary alicyclic amines) is 1. The molecule has 2 heterocycles. The molecule has 1 amide bonds. The van der Waals surface area contributed by atoms with Crippen molar-refractivity contribution in [2.45, 2.75) is 19.3 Å². The van der Waals surface area contributed by atoms with Crippen LogP contribution in [0.25, 0.3) is 6.08 Å². The van der Waals surface area contributed by atoms with E-state index in [2.05, 4.69) is 36.2 Å². The molecular formula is C22H28N2OS. The fourth-order valence-electron chi connectivity index (χ4n) is 3.58. The molecule has 2 aromatic rings. The van der Waals surface area contributed by atoms with Gasteiger partial charge in [0.15, 0.2) is 0 Å². The largest absolute Gasteiger partial charge is 0.339 e. The van der Waals surface area contributed by atoms with Crippen LogP contribution in [0.1, 0.15) is 23.3 Å². The van der Waals surface area contributed by atoms with Gasteiger partial charge in [0, 0.05) is 30.6 Å². The molecule has 0 N–H and O–H groups in total. The highest BCUT2D eigenvalue weighted by Gasteiger charge is 2.22. The van der Waals surface area contributed by atoms with Crippen molar-refractivity contribution >= 4 is 23.3 Å². The van der Waals surface area contributed by atoms with Gasteiger partial charge >= 0.3 is 0 Å². The second-order valence-corrected chi connectivity index (χ2v) is 8.12. The summed E-state index contributed by atoms with van der Waals surface area (Å²) in [6, 6.07) is 14.5. The van der Waals surface area contributed by atoms with Crippen LogP contribution in [0.15, 0.2) is 53.9 Å². The van der Waals surface area contributed by atoms with E-state index in [0.717, 1.165) is 30.9 Å². The van der Waals surface area contributed by atoms with Crippen LogP contribution in [-0.4, -0.2) is 48.9 Å². The zero-order valence-corrected chi connectivity index (χ0v) is 16.3. The number of piperidine rings is 1. The number of benzene rings is 1. The minimum atomic E-state index is 0.127. The van der Waals surface area contributed by atoms with Crippen molar-refractivity contribution in [1.82, 2.24) is 9.80 Å². The highest BCUT2D eigenvalue weighted by molar-refractivity contribution is 7.10. The SMILES string of the molecule is CN1CCC[C@@H](CN(CCc2ccccc2)C(=O)/C=C/c2cccs2)C1. The highest BCUT2D eigenvalue weighted by atomic mass is 32.1. The normalized spacial score (nSPS) is 18.3. The molecule has 0 spiro atoms. The van der Waals surface area contributed by atoms with Gasteiger partial charge in [0.05, 0.1) is 0 Å². The van der Waals surface area contributed by atoms with E-state index < -0.39 is 0 Å². The summed E-state index contributed by atoms with van der Waals surface area (Å²) in [5.41, 5.74) is 1.29. The number of hydrogen-bond acceptors (Lipinski definition) is 3. The quantitative estimate of drug-likeness (QED) is 0.685. The molecule has 1 aliphatic heterocycles. The molecule has 4 heteroatoms. The van der Waals surface area contributed by atoms with Crippen molar-refractivity contribution in [1.29, 1.82) is 0 Å². The van der Waals surface area contributed by atoms with Gasteiger partial charge in [-0.15, -0.1) is 11.3 Å². The van der Waals surface area contributed by atoms with E-state index in [1.807, 2.05) is 34.6 Å². The lowest BCUT2D eigenvalue weighted by molar-refractivity contribution is -0.126. The molecule has 1 atom stereocenters. The topological polar surface area (TPSA) is 23.6 Å². The second kappa shape index (κ2) is 9.70. The van der Waals surface area contributed by atoms with Gasteiger partial charge in [-0.3, -0.25) is 4.79 Å². The van der Waals surface area contributed by atoms with E-state index in [9.17, 15) is 4.79 Å². The Morgan fingerprint density at radius 1 is 1.27 bits per heavy atom. The molecule has 3 nitrogen and oxygen atoms in total. The van der Waals surface area contributed by atoms with Gasteiger partial charge in [-0.1, -0.05) is 36.4 Å². The summed E-state index contributed by atoms with van der Waals surface area (Å²) in [4.78, 5) is 18.4. The van der Waals surface area contributed by atoms with Crippen LogP contribution in [-0.2, 0) is 11.2 Å². The molecule has 3 rings (SSSR count). The highest BCUT2D eigenvalue weighted by Crippen LogP contribution is 2.18. The van der Waals surface area contributed by atoms with Crippen LogP contribution >= 0.6 is 11.3 Å². The summed E-state index contributed by atoms with van der Waals surface area (Å²) in [6.45, 7) is 3.89. The monoisotopic (exact) mass is 368 g/mol. The summed E-state index contributed by atoms with van der Waals surface area (Å²) in [6.07, 6.45) is 7.03. The minimum Gasteiger partial charge on any atom is -0.339 e.